The molecule has 4 N–H and O–H groups in total. The van der Waals surface area contributed by atoms with E-state index in [1.165, 1.54) is 10.5 Å². The van der Waals surface area contributed by atoms with Crippen molar-refractivity contribution >= 4 is 50.5 Å². The highest BCUT2D eigenvalue weighted by molar-refractivity contribution is 7.22. The molecule has 7 rings (SSSR count). The van der Waals surface area contributed by atoms with Gasteiger partial charge < -0.3 is 49.4 Å². The van der Waals surface area contributed by atoms with Crippen LogP contribution >= 0.6 is 22.7 Å². The van der Waals surface area contributed by atoms with E-state index in [0.717, 1.165) is 48.0 Å². The monoisotopic (exact) mass is 950 g/mol. The molecule has 3 heterocycles. The molecule has 1 saturated heterocycles. The van der Waals surface area contributed by atoms with Crippen LogP contribution in [0.3, 0.4) is 0 Å². The molecule has 1 aliphatic rings. The molecule has 0 saturated carbocycles. The van der Waals surface area contributed by atoms with Crippen molar-refractivity contribution in [3.63, 3.8) is 0 Å². The van der Waals surface area contributed by atoms with E-state index in [2.05, 4.69) is 46.8 Å². The number of amides is 3. The first-order valence-electron chi connectivity index (χ1n) is 22.2. The van der Waals surface area contributed by atoms with Crippen LogP contribution in [0.4, 0.5) is 0 Å². The number of likely N-dealkylation sites (tertiary alicyclic amines) is 1. The van der Waals surface area contributed by atoms with Crippen LogP contribution < -0.4 is 20.1 Å². The lowest BCUT2D eigenvalue weighted by molar-refractivity contribution is -0.144. The van der Waals surface area contributed by atoms with Crippen LogP contribution in [-0.4, -0.2) is 109 Å². The maximum atomic E-state index is 13.9. The van der Waals surface area contributed by atoms with Gasteiger partial charge in [0.15, 0.2) is 5.75 Å². The van der Waals surface area contributed by atoms with Gasteiger partial charge in [-0.05, 0) is 78.4 Å². The fraction of sp³-hybridized carbons (Fsp3) is 0.373. The van der Waals surface area contributed by atoms with E-state index in [1.807, 2.05) is 87.8 Å². The Bertz CT molecular complexity index is 2590. The average molecular weight is 951 g/mol. The Morgan fingerprint density at radius 1 is 0.821 bits per heavy atom. The Kier molecular flexibility index (Phi) is 16.6. The van der Waals surface area contributed by atoms with Gasteiger partial charge in [-0.2, -0.15) is 0 Å². The summed E-state index contributed by atoms with van der Waals surface area (Å²) in [5.41, 5.74) is 6.23. The summed E-state index contributed by atoms with van der Waals surface area (Å²) in [6.45, 7) is 11.2. The van der Waals surface area contributed by atoms with Gasteiger partial charge in [-0.25, -0.2) is 4.98 Å². The van der Waals surface area contributed by atoms with Gasteiger partial charge >= 0.3 is 0 Å². The number of phenols is 1. The highest BCUT2D eigenvalue weighted by Gasteiger charge is 2.44. The molecule has 354 valence electrons. The van der Waals surface area contributed by atoms with Crippen LogP contribution in [0.5, 0.6) is 23.0 Å². The molecule has 1 aliphatic heterocycles. The molecule has 67 heavy (non-hydrogen) atoms. The summed E-state index contributed by atoms with van der Waals surface area (Å²) in [7, 11) is 0. The van der Waals surface area contributed by atoms with Gasteiger partial charge in [0.05, 0.1) is 60.1 Å². The number of nitrogens with zero attached hydrogens (tertiary/aromatic N) is 2. The number of fused-ring (bicyclic) bond motifs is 1. The highest BCUT2D eigenvalue weighted by Crippen LogP contribution is 2.47. The second kappa shape index (κ2) is 22.7. The number of hydrogen-bond donors (Lipinski definition) is 4. The Hall–Kier alpha value is -5.88. The Morgan fingerprint density at radius 2 is 1.46 bits per heavy atom. The van der Waals surface area contributed by atoms with E-state index in [0.29, 0.717) is 37.9 Å². The zero-order valence-electron chi connectivity index (χ0n) is 38.4. The molecular weight excluding hydrogens is 893 g/mol. The summed E-state index contributed by atoms with van der Waals surface area (Å²) in [5.74, 6) is 0.966. The second-order valence-electron chi connectivity index (χ2n) is 17.5. The van der Waals surface area contributed by atoms with Gasteiger partial charge in [-0.15, -0.1) is 22.7 Å². The Balaban J connectivity index is 0.771. The maximum Gasteiger partial charge on any atom is 0.246 e. The molecule has 14 nitrogen and oxygen atoms in total. The molecular formula is C51H58N4O10S2. The molecule has 4 aromatic carbocycles. The topological polar surface area (TPSA) is 178 Å². The molecule has 0 bridgehead atoms. The van der Waals surface area contributed by atoms with E-state index in [4.69, 9.17) is 23.7 Å². The number of ether oxygens (including phenoxy) is 5. The van der Waals surface area contributed by atoms with Gasteiger partial charge in [-0.1, -0.05) is 74.9 Å². The number of phenolic OH excluding ortho intramolecular Hbond substituents is 1. The number of benzene rings is 4. The van der Waals surface area contributed by atoms with Crippen molar-refractivity contribution in [1.29, 1.82) is 0 Å². The number of aliphatic hydroxyl groups excluding tert-OH is 1. The summed E-state index contributed by atoms with van der Waals surface area (Å²) in [6, 6.07) is 27.0. The van der Waals surface area contributed by atoms with Crippen LogP contribution in [0, 0.1) is 19.3 Å². The first kappa shape index (κ1) is 49.0. The van der Waals surface area contributed by atoms with Gasteiger partial charge in [-0.3, -0.25) is 14.4 Å². The Morgan fingerprint density at radius 3 is 2.13 bits per heavy atom. The number of carbonyl (C=O) groups is 3. The Labute approximate surface area is 398 Å². The number of β-amino-alcohol motifs (C(OH)–C–C–N with tert-alkyl or cyclic N) is 1. The zero-order chi connectivity index (χ0) is 47.5. The summed E-state index contributed by atoms with van der Waals surface area (Å²) in [5, 5.41) is 27.3. The molecule has 3 atom stereocenters. The molecule has 0 aliphatic carbocycles. The van der Waals surface area contributed by atoms with E-state index in [1.54, 1.807) is 34.8 Å². The standard InChI is InChI=1S/C51H58N4O10S2/c1-32-6-10-36(11-7-32)47-45(41-19-14-37(56)27-43(41)67-47)65-40-17-15-39(16-18-40)64-25-24-62-21-20-61-22-23-63-30-44(58)54-48(51(3,4)5)50(60)55-29-38(57)26-42(55)49(59)52-28-34-8-12-35(13-9-34)46-33(2)53-31-66-46/h6-19,27,31,38,42,48,56-57H,20-26,28-30H2,1-5H3,(H,52,59)(H,54,58). The minimum absolute atomic E-state index is 0.0174. The van der Waals surface area contributed by atoms with Crippen LogP contribution in [0.1, 0.15) is 44.0 Å². The molecule has 0 radical (unpaired) electrons. The summed E-state index contributed by atoms with van der Waals surface area (Å²) < 4.78 is 30.0. The molecule has 0 spiro atoms. The third-order valence-corrected chi connectivity index (χ3v) is 13.3. The van der Waals surface area contributed by atoms with Crippen molar-refractivity contribution in [2.75, 3.05) is 52.8 Å². The average Bonchev–Trinajstić information content (AvgIpc) is 4.03. The maximum absolute atomic E-state index is 13.9. The minimum Gasteiger partial charge on any atom is -0.508 e. The van der Waals surface area contributed by atoms with Gasteiger partial charge in [0.2, 0.25) is 17.7 Å². The van der Waals surface area contributed by atoms with Crippen molar-refractivity contribution in [2.24, 2.45) is 5.41 Å². The molecule has 3 unspecified atom stereocenters. The van der Waals surface area contributed by atoms with Crippen LogP contribution in [-0.2, 0) is 35.1 Å². The molecule has 16 heteroatoms. The number of aliphatic hydroxyl groups is 1. The summed E-state index contributed by atoms with van der Waals surface area (Å²) in [6.07, 6.45) is -0.776. The van der Waals surface area contributed by atoms with E-state index >= 15 is 0 Å². The van der Waals surface area contributed by atoms with E-state index in [-0.39, 0.29) is 51.0 Å². The van der Waals surface area contributed by atoms with Gasteiger partial charge in [0.1, 0.15) is 42.5 Å². The number of nitrogens with one attached hydrogen (secondary N) is 2. The number of aromatic hydroxyl groups is 1. The highest BCUT2D eigenvalue weighted by atomic mass is 32.1. The number of aromatic nitrogens is 1. The zero-order valence-corrected chi connectivity index (χ0v) is 40.0. The molecule has 2 aromatic heterocycles. The van der Waals surface area contributed by atoms with Gasteiger partial charge in [0, 0.05) is 29.6 Å². The lowest BCUT2D eigenvalue weighted by atomic mass is 9.85. The largest absolute Gasteiger partial charge is 0.508 e. The van der Waals surface area contributed by atoms with Crippen molar-refractivity contribution < 1.29 is 48.3 Å². The third-order valence-electron chi connectivity index (χ3n) is 11.2. The number of hydrogen-bond acceptors (Lipinski definition) is 13. The minimum atomic E-state index is -0.967. The predicted octanol–water partition coefficient (Wildman–Crippen LogP) is 8.04. The smallest absolute Gasteiger partial charge is 0.246 e. The number of aryl methyl sites for hydroxylation is 2. The lowest BCUT2D eigenvalue weighted by Gasteiger charge is -2.35. The fourth-order valence-corrected chi connectivity index (χ4v) is 9.57. The lowest BCUT2D eigenvalue weighted by Crippen LogP contribution is -2.58. The number of thiazole rings is 1. The van der Waals surface area contributed by atoms with Crippen LogP contribution in [0.2, 0.25) is 0 Å². The molecule has 6 aromatic rings. The molecule has 1 fully saturated rings. The number of rotatable bonds is 21. The summed E-state index contributed by atoms with van der Waals surface area (Å²) >= 11 is 3.14. The van der Waals surface area contributed by atoms with Crippen molar-refractivity contribution in [3.05, 3.63) is 113 Å². The SMILES string of the molecule is Cc1ccc(-c2sc3cc(O)ccc3c2Oc2ccc(OCCOCCOCCOCC(=O)NC(C(=O)N3CC(O)CC3C(=O)NCc3ccc(-c4scnc4C)cc3)C(C)(C)C)cc2)cc1. The van der Waals surface area contributed by atoms with E-state index in [9.17, 15) is 24.6 Å². The first-order valence-corrected chi connectivity index (χ1v) is 23.9. The molecule has 3 amide bonds. The fourth-order valence-electron chi connectivity index (χ4n) is 7.59. The quantitative estimate of drug-likeness (QED) is 0.0514. The van der Waals surface area contributed by atoms with Crippen LogP contribution in [0.25, 0.3) is 31.0 Å². The normalized spacial score (nSPS) is 15.4. The van der Waals surface area contributed by atoms with Crippen molar-refractivity contribution in [2.45, 2.75) is 65.8 Å². The van der Waals surface area contributed by atoms with Crippen molar-refractivity contribution in [3.8, 4) is 43.9 Å². The number of thiophene rings is 1. The first-order chi connectivity index (χ1) is 32.2. The van der Waals surface area contributed by atoms with Gasteiger partial charge in [0.25, 0.3) is 0 Å². The third kappa shape index (κ3) is 13.2. The second-order valence-corrected chi connectivity index (χ2v) is 19.4. The predicted molar refractivity (Wildman–Crippen MR) is 260 cm³/mol. The van der Waals surface area contributed by atoms with Crippen molar-refractivity contribution in [1.82, 2.24) is 20.5 Å². The summed E-state index contributed by atoms with van der Waals surface area (Å²) in [4.78, 5) is 48.1. The van der Waals surface area contributed by atoms with Crippen LogP contribution in [0.15, 0.2) is 96.5 Å². The van der Waals surface area contributed by atoms with E-state index < -0.39 is 35.4 Å². The number of carbonyl (C=O) groups excluding carboxylic acids is 3.